The number of nitrogens with one attached hydrogen (secondary N) is 1. The number of carbonyl (C=O) groups excluding carboxylic acids is 1. The van der Waals surface area contributed by atoms with Crippen LogP contribution in [0.1, 0.15) is 77.6 Å². The van der Waals surface area contributed by atoms with Gasteiger partial charge in [-0.1, -0.05) is 58.3 Å². The molecular formula is C15H31NO2. The lowest BCUT2D eigenvalue weighted by atomic mass is 10.1. The third-order valence-electron chi connectivity index (χ3n) is 3.16. The summed E-state index contributed by atoms with van der Waals surface area (Å²) in [6.07, 6.45) is 12.8. The van der Waals surface area contributed by atoms with Crippen LogP contribution in [0.4, 0.5) is 0 Å². The first-order chi connectivity index (χ1) is 8.81. The van der Waals surface area contributed by atoms with Crippen LogP contribution in [0.5, 0.6) is 0 Å². The first-order valence-electron chi connectivity index (χ1n) is 7.68. The van der Waals surface area contributed by atoms with Gasteiger partial charge in [0.15, 0.2) is 0 Å². The van der Waals surface area contributed by atoms with Crippen LogP contribution < -0.4 is 5.32 Å². The molecule has 0 aromatic rings. The van der Waals surface area contributed by atoms with Gasteiger partial charge in [-0.3, -0.25) is 4.79 Å². The molecule has 0 aliphatic heterocycles. The highest BCUT2D eigenvalue weighted by atomic mass is 16.3. The lowest BCUT2D eigenvalue weighted by Crippen LogP contribution is -2.24. The van der Waals surface area contributed by atoms with Gasteiger partial charge in [0, 0.05) is 19.6 Å². The summed E-state index contributed by atoms with van der Waals surface area (Å²) in [5.74, 6) is 0.0728. The fourth-order valence-electron chi connectivity index (χ4n) is 1.99. The maximum atomic E-state index is 11.2. The van der Waals surface area contributed by atoms with Crippen molar-refractivity contribution in [1.82, 2.24) is 5.32 Å². The van der Waals surface area contributed by atoms with Crippen LogP contribution in [-0.4, -0.2) is 24.2 Å². The monoisotopic (exact) mass is 257 g/mol. The first kappa shape index (κ1) is 17.4. The summed E-state index contributed by atoms with van der Waals surface area (Å²) in [5.41, 5.74) is 0. The highest BCUT2D eigenvalue weighted by Gasteiger charge is 1.99. The molecule has 0 radical (unpaired) electrons. The predicted octanol–water partition coefficient (Wildman–Crippen LogP) is 3.41. The standard InChI is InChI=1S/C15H31NO2/c1-2-3-4-5-6-7-8-9-10-13-16-15(18)12-11-14-17/h17H,2-14H2,1H3,(H,16,18). The Morgan fingerprint density at radius 2 is 1.44 bits per heavy atom. The van der Waals surface area contributed by atoms with E-state index >= 15 is 0 Å². The maximum absolute atomic E-state index is 11.2. The van der Waals surface area contributed by atoms with Crippen molar-refractivity contribution >= 4 is 5.91 Å². The lowest BCUT2D eigenvalue weighted by molar-refractivity contribution is -0.121. The average Bonchev–Trinajstić information content (AvgIpc) is 2.38. The summed E-state index contributed by atoms with van der Waals surface area (Å²) in [6, 6.07) is 0. The summed E-state index contributed by atoms with van der Waals surface area (Å²) in [6.45, 7) is 3.14. The van der Waals surface area contributed by atoms with Gasteiger partial charge in [0.25, 0.3) is 0 Å². The maximum Gasteiger partial charge on any atom is 0.220 e. The molecule has 3 nitrogen and oxygen atoms in total. The van der Waals surface area contributed by atoms with Crippen LogP contribution in [0.15, 0.2) is 0 Å². The molecule has 0 aliphatic carbocycles. The van der Waals surface area contributed by atoms with Gasteiger partial charge in [-0.15, -0.1) is 0 Å². The van der Waals surface area contributed by atoms with E-state index in [0.29, 0.717) is 12.8 Å². The Kier molecular flexibility index (Phi) is 14.0. The van der Waals surface area contributed by atoms with Crippen LogP contribution >= 0.6 is 0 Å². The molecular weight excluding hydrogens is 226 g/mol. The number of aliphatic hydroxyl groups is 1. The van der Waals surface area contributed by atoms with Gasteiger partial charge < -0.3 is 10.4 Å². The summed E-state index contributed by atoms with van der Waals surface area (Å²) in [7, 11) is 0. The van der Waals surface area contributed by atoms with Crippen molar-refractivity contribution in [2.24, 2.45) is 0 Å². The molecule has 0 saturated carbocycles. The predicted molar refractivity (Wildman–Crippen MR) is 76.6 cm³/mol. The molecule has 0 spiro atoms. The summed E-state index contributed by atoms with van der Waals surface area (Å²) in [5, 5.41) is 11.5. The van der Waals surface area contributed by atoms with Crippen LogP contribution in [0.3, 0.4) is 0 Å². The quantitative estimate of drug-likeness (QED) is 0.497. The van der Waals surface area contributed by atoms with E-state index in [2.05, 4.69) is 12.2 Å². The molecule has 0 unspecified atom stereocenters. The van der Waals surface area contributed by atoms with Gasteiger partial charge >= 0.3 is 0 Å². The molecule has 1 amide bonds. The zero-order valence-corrected chi connectivity index (χ0v) is 12.0. The Morgan fingerprint density at radius 3 is 2.00 bits per heavy atom. The Morgan fingerprint density at radius 1 is 0.889 bits per heavy atom. The van der Waals surface area contributed by atoms with Crippen molar-refractivity contribution in [3.8, 4) is 0 Å². The van der Waals surface area contributed by atoms with Gasteiger partial charge in [-0.05, 0) is 12.8 Å². The largest absolute Gasteiger partial charge is 0.396 e. The second-order valence-corrected chi connectivity index (χ2v) is 5.01. The summed E-state index contributed by atoms with van der Waals surface area (Å²) >= 11 is 0. The van der Waals surface area contributed by atoms with E-state index in [4.69, 9.17) is 5.11 Å². The molecule has 108 valence electrons. The Labute approximate surface area is 112 Å². The summed E-state index contributed by atoms with van der Waals surface area (Å²) in [4.78, 5) is 11.2. The van der Waals surface area contributed by atoms with Crippen molar-refractivity contribution in [1.29, 1.82) is 0 Å². The number of rotatable bonds is 13. The fourth-order valence-corrected chi connectivity index (χ4v) is 1.99. The molecule has 18 heavy (non-hydrogen) atoms. The highest BCUT2D eigenvalue weighted by Crippen LogP contribution is 2.09. The van der Waals surface area contributed by atoms with Gasteiger partial charge in [-0.2, -0.15) is 0 Å². The second-order valence-electron chi connectivity index (χ2n) is 5.01. The van der Waals surface area contributed by atoms with Crippen molar-refractivity contribution in [2.75, 3.05) is 13.2 Å². The zero-order valence-electron chi connectivity index (χ0n) is 12.0. The molecule has 0 atom stereocenters. The number of hydrogen-bond donors (Lipinski definition) is 2. The second kappa shape index (κ2) is 14.5. The van der Waals surface area contributed by atoms with Crippen LogP contribution in [-0.2, 0) is 4.79 Å². The van der Waals surface area contributed by atoms with E-state index in [1.807, 2.05) is 0 Å². The number of unbranched alkanes of at least 4 members (excludes halogenated alkanes) is 8. The van der Waals surface area contributed by atoms with E-state index in [0.717, 1.165) is 13.0 Å². The van der Waals surface area contributed by atoms with Gasteiger partial charge in [0.1, 0.15) is 0 Å². The van der Waals surface area contributed by atoms with Crippen LogP contribution in [0, 0.1) is 0 Å². The van der Waals surface area contributed by atoms with E-state index in [1.165, 1.54) is 51.4 Å². The van der Waals surface area contributed by atoms with Crippen molar-refractivity contribution in [3.63, 3.8) is 0 Å². The van der Waals surface area contributed by atoms with Gasteiger partial charge in [-0.25, -0.2) is 0 Å². The molecule has 3 heteroatoms. The van der Waals surface area contributed by atoms with E-state index in [9.17, 15) is 4.79 Å². The molecule has 0 aromatic carbocycles. The third kappa shape index (κ3) is 13.5. The minimum absolute atomic E-state index is 0.0728. The minimum Gasteiger partial charge on any atom is -0.396 e. The zero-order chi connectivity index (χ0) is 13.5. The Bertz CT molecular complexity index is 183. The number of hydrogen-bond acceptors (Lipinski definition) is 2. The minimum atomic E-state index is 0.0728. The summed E-state index contributed by atoms with van der Waals surface area (Å²) < 4.78 is 0. The first-order valence-corrected chi connectivity index (χ1v) is 7.68. The molecule has 0 saturated heterocycles. The molecule has 0 bridgehead atoms. The van der Waals surface area contributed by atoms with E-state index < -0.39 is 0 Å². The van der Waals surface area contributed by atoms with E-state index in [-0.39, 0.29) is 12.5 Å². The van der Waals surface area contributed by atoms with Crippen molar-refractivity contribution in [2.45, 2.75) is 77.6 Å². The molecule has 0 aromatic heterocycles. The Balaban J connectivity index is 3.04. The molecule has 2 N–H and O–H groups in total. The van der Waals surface area contributed by atoms with Crippen LogP contribution in [0.25, 0.3) is 0 Å². The highest BCUT2D eigenvalue weighted by molar-refractivity contribution is 5.75. The van der Waals surface area contributed by atoms with E-state index in [1.54, 1.807) is 0 Å². The number of amides is 1. The number of carbonyl (C=O) groups is 1. The fraction of sp³-hybridized carbons (Fsp3) is 0.933. The SMILES string of the molecule is CCCCCCCCCCCNC(=O)CCCO. The molecule has 0 heterocycles. The van der Waals surface area contributed by atoms with Gasteiger partial charge in [0.2, 0.25) is 5.91 Å². The smallest absolute Gasteiger partial charge is 0.220 e. The molecule has 0 aliphatic rings. The molecule has 0 rings (SSSR count). The van der Waals surface area contributed by atoms with Gasteiger partial charge in [0.05, 0.1) is 0 Å². The van der Waals surface area contributed by atoms with Crippen molar-refractivity contribution in [3.05, 3.63) is 0 Å². The van der Waals surface area contributed by atoms with Crippen LogP contribution in [0.2, 0.25) is 0 Å². The topological polar surface area (TPSA) is 49.3 Å². The van der Waals surface area contributed by atoms with Crippen molar-refractivity contribution < 1.29 is 9.90 Å². The normalized spacial score (nSPS) is 10.6. The Hall–Kier alpha value is -0.570. The third-order valence-corrected chi connectivity index (χ3v) is 3.16. The molecule has 0 fully saturated rings. The number of aliphatic hydroxyl groups excluding tert-OH is 1. The lowest BCUT2D eigenvalue weighted by Gasteiger charge is -2.04. The average molecular weight is 257 g/mol.